The topological polar surface area (TPSA) is 30.9 Å². The highest BCUT2D eigenvalue weighted by Gasteiger charge is 2.27. The van der Waals surface area contributed by atoms with Gasteiger partial charge in [0, 0.05) is 25.0 Å². The predicted octanol–water partition coefficient (Wildman–Crippen LogP) is 2.78. The fourth-order valence-corrected chi connectivity index (χ4v) is 2.17. The van der Waals surface area contributed by atoms with E-state index in [0.717, 1.165) is 30.4 Å². The molecule has 1 aromatic heterocycles. The Bertz CT molecular complexity index is 368. The Kier molecular flexibility index (Phi) is 2.97. The predicted molar refractivity (Wildman–Crippen MR) is 55.0 cm³/mol. The van der Waals surface area contributed by atoms with Crippen molar-refractivity contribution in [2.75, 3.05) is 0 Å². The molecule has 1 atom stereocenters. The van der Waals surface area contributed by atoms with Crippen molar-refractivity contribution in [3.05, 3.63) is 23.5 Å². The lowest BCUT2D eigenvalue weighted by Gasteiger charge is -2.17. The van der Waals surface area contributed by atoms with E-state index in [1.54, 1.807) is 17.0 Å². The summed E-state index contributed by atoms with van der Waals surface area (Å²) in [5, 5.41) is 0. The van der Waals surface area contributed by atoms with Crippen molar-refractivity contribution in [3.8, 4) is 0 Å². The van der Waals surface area contributed by atoms with Crippen molar-refractivity contribution in [1.82, 2.24) is 4.57 Å². The van der Waals surface area contributed by atoms with Gasteiger partial charge in [-0.05, 0) is 30.4 Å². The molecular weight excluding hydrogens is 217 g/mol. The number of rotatable bonds is 2. The molecule has 0 aliphatic heterocycles. The van der Waals surface area contributed by atoms with Gasteiger partial charge in [0.2, 0.25) is 0 Å². The summed E-state index contributed by atoms with van der Waals surface area (Å²) in [6.45, 7) is -0.0107. The summed E-state index contributed by atoms with van der Waals surface area (Å²) in [6.07, 6.45) is 1.59. The van der Waals surface area contributed by atoms with E-state index in [2.05, 4.69) is 0 Å². The maximum atomic E-state index is 12.1. The summed E-state index contributed by atoms with van der Waals surface area (Å²) in [5.41, 5.74) is 8.04. The van der Waals surface area contributed by atoms with Gasteiger partial charge in [0.1, 0.15) is 0 Å². The lowest BCUT2D eigenvalue weighted by molar-refractivity contribution is -0.136. The van der Waals surface area contributed by atoms with Crippen LogP contribution in [0.2, 0.25) is 0 Å². The second-order valence-corrected chi connectivity index (χ2v) is 4.34. The fraction of sp³-hybridized carbons (Fsp3) is 0.636. The molecule has 0 aromatic carbocycles. The maximum Gasteiger partial charge on any atom is 0.390 e. The molecule has 0 amide bonds. The van der Waals surface area contributed by atoms with Crippen LogP contribution in [-0.2, 0) is 13.0 Å². The molecule has 0 spiro atoms. The molecule has 2 N–H and O–H groups in total. The first-order valence-electron chi connectivity index (χ1n) is 5.46. The Morgan fingerprint density at radius 2 is 2.12 bits per heavy atom. The molecule has 0 radical (unpaired) electrons. The van der Waals surface area contributed by atoms with Gasteiger partial charge < -0.3 is 10.3 Å². The molecule has 1 aliphatic rings. The Morgan fingerprint density at radius 3 is 2.75 bits per heavy atom. The van der Waals surface area contributed by atoms with Crippen LogP contribution in [0, 0.1) is 0 Å². The van der Waals surface area contributed by atoms with E-state index in [1.807, 2.05) is 0 Å². The lowest BCUT2D eigenvalue weighted by atomic mass is 9.92. The van der Waals surface area contributed by atoms with Crippen LogP contribution in [0.4, 0.5) is 13.2 Å². The van der Waals surface area contributed by atoms with Gasteiger partial charge in [-0.2, -0.15) is 13.2 Å². The molecular formula is C11H15F3N2. The van der Waals surface area contributed by atoms with E-state index in [-0.39, 0.29) is 12.6 Å². The molecule has 2 rings (SSSR count). The van der Waals surface area contributed by atoms with Crippen LogP contribution in [-0.4, -0.2) is 10.7 Å². The standard InChI is InChI=1S/C11H15F3N2/c12-11(13,14)4-5-16-6-8-2-1-3-10(15)9(8)7-16/h6-7,10H,1-5,15H2. The monoisotopic (exact) mass is 232 g/mol. The molecule has 1 aliphatic carbocycles. The van der Waals surface area contributed by atoms with E-state index >= 15 is 0 Å². The third-order valence-electron chi connectivity index (χ3n) is 3.01. The van der Waals surface area contributed by atoms with Crippen LogP contribution in [0.3, 0.4) is 0 Å². The summed E-state index contributed by atoms with van der Waals surface area (Å²) >= 11 is 0. The summed E-state index contributed by atoms with van der Waals surface area (Å²) in [7, 11) is 0. The van der Waals surface area contributed by atoms with Gasteiger partial charge in [-0.3, -0.25) is 0 Å². The molecule has 2 nitrogen and oxygen atoms in total. The highest BCUT2D eigenvalue weighted by atomic mass is 19.4. The minimum absolute atomic E-state index is 0.00381. The molecule has 0 fully saturated rings. The van der Waals surface area contributed by atoms with Crippen LogP contribution in [0.25, 0.3) is 0 Å². The first-order valence-corrected chi connectivity index (χ1v) is 5.46. The van der Waals surface area contributed by atoms with Crippen molar-refractivity contribution in [3.63, 3.8) is 0 Å². The lowest BCUT2D eigenvalue weighted by Crippen LogP contribution is -2.15. The van der Waals surface area contributed by atoms with Crippen molar-refractivity contribution < 1.29 is 13.2 Å². The van der Waals surface area contributed by atoms with Gasteiger partial charge in [0.15, 0.2) is 0 Å². The minimum atomic E-state index is -4.09. The number of alkyl halides is 3. The minimum Gasteiger partial charge on any atom is -0.353 e. The van der Waals surface area contributed by atoms with Crippen LogP contribution >= 0.6 is 0 Å². The first kappa shape index (κ1) is 11.5. The van der Waals surface area contributed by atoms with Gasteiger partial charge in [-0.1, -0.05) is 0 Å². The summed E-state index contributed by atoms with van der Waals surface area (Å²) < 4.78 is 37.8. The van der Waals surface area contributed by atoms with Crippen molar-refractivity contribution >= 4 is 0 Å². The SMILES string of the molecule is NC1CCCc2cn(CCC(F)(F)F)cc21. The van der Waals surface area contributed by atoms with E-state index in [0.29, 0.717) is 0 Å². The molecule has 0 bridgehead atoms. The Morgan fingerprint density at radius 1 is 1.38 bits per heavy atom. The van der Waals surface area contributed by atoms with Crippen LogP contribution < -0.4 is 5.73 Å². The number of fused-ring (bicyclic) bond motifs is 1. The second-order valence-electron chi connectivity index (χ2n) is 4.34. The van der Waals surface area contributed by atoms with Gasteiger partial charge >= 0.3 is 6.18 Å². The summed E-state index contributed by atoms with van der Waals surface area (Å²) in [4.78, 5) is 0. The van der Waals surface area contributed by atoms with Gasteiger partial charge in [0.05, 0.1) is 6.42 Å². The average molecular weight is 232 g/mol. The smallest absolute Gasteiger partial charge is 0.353 e. The van der Waals surface area contributed by atoms with Crippen molar-refractivity contribution in [2.45, 2.75) is 44.4 Å². The number of nitrogens with two attached hydrogens (primary N) is 1. The number of aryl methyl sites for hydroxylation is 2. The first-order chi connectivity index (χ1) is 7.46. The highest BCUT2D eigenvalue weighted by molar-refractivity contribution is 5.29. The molecule has 90 valence electrons. The molecule has 16 heavy (non-hydrogen) atoms. The zero-order chi connectivity index (χ0) is 11.8. The zero-order valence-corrected chi connectivity index (χ0v) is 8.93. The van der Waals surface area contributed by atoms with Crippen LogP contribution in [0.5, 0.6) is 0 Å². The fourth-order valence-electron chi connectivity index (χ4n) is 2.17. The number of aromatic nitrogens is 1. The second kappa shape index (κ2) is 4.13. The number of nitrogens with zero attached hydrogens (tertiary/aromatic N) is 1. The molecule has 0 saturated heterocycles. The molecule has 1 aromatic rings. The highest BCUT2D eigenvalue weighted by Crippen LogP contribution is 2.29. The molecule has 1 heterocycles. The van der Waals surface area contributed by atoms with Crippen molar-refractivity contribution in [2.24, 2.45) is 5.73 Å². The third kappa shape index (κ3) is 2.58. The number of hydrogen-bond donors (Lipinski definition) is 1. The zero-order valence-electron chi connectivity index (χ0n) is 8.93. The Balaban J connectivity index is 2.07. The number of halogens is 3. The van der Waals surface area contributed by atoms with Gasteiger partial charge in [-0.25, -0.2) is 0 Å². The molecule has 0 saturated carbocycles. The van der Waals surface area contributed by atoms with E-state index in [1.165, 1.54) is 0 Å². The van der Waals surface area contributed by atoms with E-state index < -0.39 is 12.6 Å². The normalized spacial score (nSPS) is 20.9. The average Bonchev–Trinajstić information content (AvgIpc) is 2.58. The third-order valence-corrected chi connectivity index (χ3v) is 3.01. The number of hydrogen-bond acceptors (Lipinski definition) is 1. The van der Waals surface area contributed by atoms with Gasteiger partial charge in [-0.15, -0.1) is 0 Å². The van der Waals surface area contributed by atoms with Gasteiger partial charge in [0.25, 0.3) is 0 Å². The summed E-state index contributed by atoms with van der Waals surface area (Å²) in [5.74, 6) is 0. The van der Waals surface area contributed by atoms with Crippen LogP contribution in [0.15, 0.2) is 12.4 Å². The quantitative estimate of drug-likeness (QED) is 0.835. The Hall–Kier alpha value is -0.970. The van der Waals surface area contributed by atoms with E-state index in [9.17, 15) is 13.2 Å². The molecule has 1 unspecified atom stereocenters. The Labute approximate surface area is 92.2 Å². The maximum absolute atomic E-state index is 12.1. The molecule has 5 heteroatoms. The van der Waals surface area contributed by atoms with Crippen molar-refractivity contribution in [1.29, 1.82) is 0 Å². The largest absolute Gasteiger partial charge is 0.390 e. The van der Waals surface area contributed by atoms with E-state index in [4.69, 9.17) is 5.73 Å². The van der Waals surface area contributed by atoms with Crippen LogP contribution in [0.1, 0.15) is 36.4 Å². The summed E-state index contributed by atoms with van der Waals surface area (Å²) in [6, 6.07) is -0.00381.